The minimum Gasteiger partial charge on any atom is -0.465 e. The summed E-state index contributed by atoms with van der Waals surface area (Å²) >= 11 is 0. The van der Waals surface area contributed by atoms with Crippen molar-refractivity contribution in [3.8, 4) is 0 Å². The van der Waals surface area contributed by atoms with Crippen molar-refractivity contribution in [1.82, 2.24) is 20.4 Å². The average Bonchev–Trinajstić information content (AvgIpc) is 3.51. The Labute approximate surface area is 351 Å². The molecule has 2 spiro atoms. The van der Waals surface area contributed by atoms with Gasteiger partial charge in [0.2, 0.25) is 5.91 Å². The van der Waals surface area contributed by atoms with Gasteiger partial charge in [-0.05, 0) is 97.1 Å². The SMILES string of the molecule is CC[C@H]1C=CCC[C@@]2(C[C@@H]3CC[C@@H]4[C@H](C(=O)OCCCCCCCCCCCCCCCCC(=O)N(CCCN)CC(O)CCN)[C@]5(CCC[C@@H](C)O5)NC(N2)N34)O1. The number of aliphatic hydroxyl groups excluding tert-OH is 1. The van der Waals surface area contributed by atoms with E-state index < -0.39 is 11.8 Å². The molecule has 0 bridgehead atoms. The summed E-state index contributed by atoms with van der Waals surface area (Å²) in [6.07, 6.45) is 31.3. The first-order chi connectivity index (χ1) is 28.2. The Balaban J connectivity index is 0.915. The van der Waals surface area contributed by atoms with Crippen molar-refractivity contribution >= 4 is 11.9 Å². The number of rotatable bonds is 26. The number of unbranched alkanes of at least 4 members (excludes halogenated alkanes) is 13. The molecule has 12 heteroatoms. The molecule has 1 amide bonds. The van der Waals surface area contributed by atoms with Gasteiger partial charge in [-0.3, -0.25) is 25.1 Å². The number of esters is 1. The molecule has 0 aromatic heterocycles. The molecule has 12 nitrogen and oxygen atoms in total. The highest BCUT2D eigenvalue weighted by molar-refractivity contribution is 5.76. The van der Waals surface area contributed by atoms with E-state index in [0.29, 0.717) is 51.7 Å². The van der Waals surface area contributed by atoms with E-state index in [1.807, 2.05) is 0 Å². The van der Waals surface area contributed by atoms with E-state index in [-0.39, 0.29) is 48.1 Å². The molecular weight excluding hydrogens is 733 g/mol. The minimum absolute atomic E-state index is 0.0846. The molecule has 2 unspecified atom stereocenters. The second-order valence-corrected chi connectivity index (χ2v) is 18.4. The fraction of sp³-hybridized carbons (Fsp3) is 0.913. The molecule has 9 atom stereocenters. The molecule has 4 fully saturated rings. The molecule has 5 rings (SSSR count). The molecule has 0 aromatic rings. The lowest BCUT2D eigenvalue weighted by Crippen LogP contribution is -2.81. The normalized spacial score (nSPS) is 31.3. The third-order valence-corrected chi connectivity index (χ3v) is 13.7. The monoisotopic (exact) mass is 817 g/mol. The summed E-state index contributed by atoms with van der Waals surface area (Å²) in [4.78, 5) is 31.1. The van der Waals surface area contributed by atoms with Gasteiger partial charge in [0.15, 0.2) is 0 Å². The van der Waals surface area contributed by atoms with Gasteiger partial charge >= 0.3 is 5.97 Å². The van der Waals surface area contributed by atoms with Crippen molar-refractivity contribution in [2.75, 3.05) is 32.8 Å². The highest BCUT2D eigenvalue weighted by Crippen LogP contribution is 2.49. The molecule has 5 heterocycles. The largest absolute Gasteiger partial charge is 0.465 e. The first-order valence-corrected chi connectivity index (χ1v) is 24.1. The van der Waals surface area contributed by atoms with Gasteiger partial charge in [0, 0.05) is 38.0 Å². The van der Waals surface area contributed by atoms with Crippen molar-refractivity contribution in [1.29, 1.82) is 0 Å². The summed E-state index contributed by atoms with van der Waals surface area (Å²) in [5, 5.41) is 18.0. The van der Waals surface area contributed by atoms with Crippen LogP contribution in [-0.2, 0) is 23.8 Å². The zero-order valence-electron chi connectivity index (χ0n) is 36.7. The molecule has 0 aromatic carbocycles. The number of allylic oxidation sites excluding steroid dienone is 1. The van der Waals surface area contributed by atoms with Gasteiger partial charge in [0.05, 0.1) is 24.9 Å². The van der Waals surface area contributed by atoms with Gasteiger partial charge in [0.1, 0.15) is 23.7 Å². The number of carbonyl (C=O) groups excluding carboxylic acids is 2. The van der Waals surface area contributed by atoms with Gasteiger partial charge in [-0.1, -0.05) is 96.1 Å². The molecule has 0 radical (unpaired) electrons. The number of ether oxygens (including phenoxy) is 3. The Bertz CT molecular complexity index is 1240. The number of carbonyl (C=O) groups is 2. The van der Waals surface area contributed by atoms with Crippen molar-refractivity contribution < 1.29 is 28.9 Å². The quantitative estimate of drug-likeness (QED) is 0.0358. The summed E-state index contributed by atoms with van der Waals surface area (Å²) in [5.41, 5.74) is 10.1. The van der Waals surface area contributed by atoms with Crippen molar-refractivity contribution in [2.24, 2.45) is 17.4 Å². The molecule has 58 heavy (non-hydrogen) atoms. The summed E-state index contributed by atoms with van der Waals surface area (Å²) in [7, 11) is 0. The molecule has 7 N–H and O–H groups in total. The Morgan fingerprint density at radius 3 is 2.24 bits per heavy atom. The molecule has 334 valence electrons. The summed E-state index contributed by atoms with van der Waals surface area (Å²) in [5.74, 6) is -0.293. The summed E-state index contributed by atoms with van der Waals surface area (Å²) in [6, 6.07) is 0.469. The highest BCUT2D eigenvalue weighted by Gasteiger charge is 2.63. The Hall–Kier alpha value is -1.64. The molecule has 0 saturated carbocycles. The first-order valence-electron chi connectivity index (χ1n) is 24.1. The van der Waals surface area contributed by atoms with Crippen molar-refractivity contribution in [2.45, 2.75) is 229 Å². The molecular formula is C46H84N6O6. The van der Waals surface area contributed by atoms with Crippen LogP contribution < -0.4 is 22.1 Å². The zero-order chi connectivity index (χ0) is 41.2. The summed E-state index contributed by atoms with van der Waals surface area (Å²) in [6.45, 7) is 6.77. The predicted molar refractivity (Wildman–Crippen MR) is 230 cm³/mol. The van der Waals surface area contributed by atoms with Crippen molar-refractivity contribution in [3.05, 3.63) is 12.2 Å². The lowest BCUT2D eigenvalue weighted by molar-refractivity contribution is -0.255. The van der Waals surface area contributed by atoms with Crippen LogP contribution in [0.15, 0.2) is 12.2 Å². The molecule has 5 aliphatic rings. The average molecular weight is 817 g/mol. The van der Waals surface area contributed by atoms with Gasteiger partial charge in [0.25, 0.3) is 0 Å². The topological polar surface area (TPSA) is 165 Å². The molecule has 5 aliphatic heterocycles. The summed E-state index contributed by atoms with van der Waals surface area (Å²) < 4.78 is 19.7. The van der Waals surface area contributed by atoms with Crippen LogP contribution in [0.1, 0.15) is 181 Å². The third kappa shape index (κ3) is 13.7. The van der Waals surface area contributed by atoms with E-state index in [4.69, 9.17) is 25.7 Å². The smallest absolute Gasteiger partial charge is 0.314 e. The maximum absolute atomic E-state index is 14.1. The van der Waals surface area contributed by atoms with Gasteiger partial charge in [-0.15, -0.1) is 0 Å². The standard InChI is InChI=1S/C46H84N6O6/c1-3-39-23-17-18-28-45(58-39)34-37-25-26-40-42(46(29-20-22-36(2)57-46)50-44(49-45)52(37)40)43(55)56-33-19-15-13-11-9-7-5-4-6-8-10-12-14-16-24-41(54)51(32-21-30-47)35-38(53)27-31-48/h17,23,36-40,42,44,49-50,53H,3-16,18-22,24-35,47-48H2,1-2H3/t36-,37+,38?,39+,40-,42-,44?,45+,46-/m1/s1. The van der Waals surface area contributed by atoms with E-state index >= 15 is 0 Å². The lowest BCUT2D eigenvalue weighted by atomic mass is 9.79. The highest BCUT2D eigenvalue weighted by atomic mass is 16.6. The van der Waals surface area contributed by atoms with Crippen LogP contribution in [0.2, 0.25) is 0 Å². The second kappa shape index (κ2) is 24.7. The van der Waals surface area contributed by atoms with Crippen LogP contribution in [-0.4, -0.2) is 108 Å². The van der Waals surface area contributed by atoms with E-state index in [1.54, 1.807) is 4.90 Å². The van der Waals surface area contributed by atoms with Gasteiger partial charge in [-0.2, -0.15) is 0 Å². The third-order valence-electron chi connectivity index (χ3n) is 13.7. The van der Waals surface area contributed by atoms with E-state index in [2.05, 4.69) is 41.5 Å². The number of nitrogens with one attached hydrogen (secondary N) is 2. The second-order valence-electron chi connectivity index (χ2n) is 18.4. The van der Waals surface area contributed by atoms with Crippen LogP contribution in [0, 0.1) is 5.92 Å². The van der Waals surface area contributed by atoms with E-state index in [9.17, 15) is 14.7 Å². The zero-order valence-corrected chi connectivity index (χ0v) is 36.7. The number of aliphatic hydroxyl groups is 1. The van der Waals surface area contributed by atoms with Crippen LogP contribution in [0.4, 0.5) is 0 Å². The minimum atomic E-state index is -0.722. The maximum Gasteiger partial charge on any atom is 0.314 e. The fourth-order valence-electron chi connectivity index (χ4n) is 10.7. The first kappa shape index (κ1) is 47.4. The Morgan fingerprint density at radius 1 is 0.897 bits per heavy atom. The fourth-order valence-corrected chi connectivity index (χ4v) is 10.7. The number of hydrogen-bond acceptors (Lipinski definition) is 11. The van der Waals surface area contributed by atoms with Crippen LogP contribution in [0.3, 0.4) is 0 Å². The van der Waals surface area contributed by atoms with E-state index in [1.165, 1.54) is 64.2 Å². The van der Waals surface area contributed by atoms with Gasteiger partial charge < -0.3 is 35.7 Å². The number of nitrogens with zero attached hydrogens (tertiary/aromatic N) is 2. The number of nitrogens with two attached hydrogens (primary N) is 2. The Kier molecular flexibility index (Phi) is 20.2. The Morgan fingerprint density at radius 2 is 1.59 bits per heavy atom. The lowest BCUT2D eigenvalue weighted by Gasteiger charge is -2.60. The van der Waals surface area contributed by atoms with Crippen LogP contribution in [0.5, 0.6) is 0 Å². The molecule has 4 saturated heterocycles. The number of amides is 1. The van der Waals surface area contributed by atoms with E-state index in [0.717, 1.165) is 89.9 Å². The predicted octanol–water partition coefficient (Wildman–Crippen LogP) is 6.72. The van der Waals surface area contributed by atoms with Gasteiger partial charge in [-0.25, -0.2) is 0 Å². The molecule has 0 aliphatic carbocycles. The van der Waals surface area contributed by atoms with Crippen LogP contribution >= 0.6 is 0 Å². The van der Waals surface area contributed by atoms with Crippen LogP contribution in [0.25, 0.3) is 0 Å². The maximum atomic E-state index is 14.1. The number of hydrogen-bond donors (Lipinski definition) is 5. The van der Waals surface area contributed by atoms with Crippen molar-refractivity contribution in [3.63, 3.8) is 0 Å².